The minimum absolute atomic E-state index is 0.0662. The van der Waals surface area contributed by atoms with Gasteiger partial charge in [0.2, 0.25) is 5.95 Å². The highest BCUT2D eigenvalue weighted by Gasteiger charge is 2.33. The molecule has 0 saturated carbocycles. The van der Waals surface area contributed by atoms with Gasteiger partial charge in [-0.25, -0.2) is 4.98 Å². The van der Waals surface area contributed by atoms with Crippen LogP contribution in [0.25, 0.3) is 11.0 Å². The number of piperidine rings is 1. The molecular formula is C29H29ClF3N5O2. The maximum Gasteiger partial charge on any atom is 0.417 e. The lowest BCUT2D eigenvalue weighted by molar-refractivity contribution is -0.137. The smallest absolute Gasteiger partial charge is 0.417 e. The Morgan fingerprint density at radius 3 is 2.58 bits per heavy atom. The van der Waals surface area contributed by atoms with Crippen molar-refractivity contribution < 1.29 is 22.7 Å². The van der Waals surface area contributed by atoms with Crippen LogP contribution in [0.3, 0.4) is 0 Å². The van der Waals surface area contributed by atoms with Crippen molar-refractivity contribution in [2.45, 2.75) is 32.4 Å². The molecule has 0 aliphatic carbocycles. The standard InChI is InChI=1S/C29H29ClF3N5O2/c1-3-38-12-9-18(10-13-38)27(39)16-20-14-22(8-11-34-20)40-21-5-7-26-25(17-21)36-28(37(26)2)35-19-4-6-24(30)23(15-19)29(31,32)33/h4-8,11,14-15,17-18H,3,9-10,12-13,16H2,1-2H3,(H,35,36). The number of anilines is 2. The van der Waals surface area contributed by atoms with E-state index >= 15 is 0 Å². The number of hydrogen-bond acceptors (Lipinski definition) is 6. The third-order valence-electron chi connectivity index (χ3n) is 7.25. The number of carbonyl (C=O) groups excluding carboxylic acids is 1. The van der Waals surface area contributed by atoms with Crippen molar-refractivity contribution in [1.82, 2.24) is 19.4 Å². The second-order valence-electron chi connectivity index (χ2n) is 9.90. The summed E-state index contributed by atoms with van der Waals surface area (Å²) in [4.78, 5) is 24.1. The molecule has 2 aromatic heterocycles. The molecule has 11 heteroatoms. The molecular weight excluding hydrogens is 543 g/mol. The van der Waals surface area contributed by atoms with Gasteiger partial charge in [0.25, 0.3) is 0 Å². The van der Waals surface area contributed by atoms with Gasteiger partial charge in [0.1, 0.15) is 17.3 Å². The fraction of sp³-hybridized carbons (Fsp3) is 0.345. The largest absolute Gasteiger partial charge is 0.457 e. The van der Waals surface area contributed by atoms with Gasteiger partial charge in [-0.2, -0.15) is 13.2 Å². The average Bonchev–Trinajstić information content (AvgIpc) is 3.23. The van der Waals surface area contributed by atoms with E-state index in [2.05, 4.69) is 27.1 Å². The molecule has 1 aliphatic heterocycles. The molecule has 1 fully saturated rings. The Morgan fingerprint density at radius 1 is 1.10 bits per heavy atom. The second-order valence-corrected chi connectivity index (χ2v) is 10.3. The molecule has 0 spiro atoms. The summed E-state index contributed by atoms with van der Waals surface area (Å²) < 4.78 is 47.6. The van der Waals surface area contributed by atoms with E-state index in [-0.39, 0.29) is 28.8 Å². The van der Waals surface area contributed by atoms with Gasteiger partial charge in [-0.15, -0.1) is 0 Å². The number of nitrogens with zero attached hydrogens (tertiary/aromatic N) is 4. The molecule has 3 heterocycles. The third-order valence-corrected chi connectivity index (χ3v) is 7.58. The Labute approximate surface area is 234 Å². The lowest BCUT2D eigenvalue weighted by Crippen LogP contribution is -2.36. The number of alkyl halides is 3. The van der Waals surface area contributed by atoms with Crippen LogP contribution in [-0.2, 0) is 24.4 Å². The number of halogens is 4. The van der Waals surface area contributed by atoms with Crippen molar-refractivity contribution in [2.24, 2.45) is 13.0 Å². The van der Waals surface area contributed by atoms with E-state index < -0.39 is 11.7 Å². The van der Waals surface area contributed by atoms with Crippen LogP contribution in [0.2, 0.25) is 5.02 Å². The van der Waals surface area contributed by atoms with Crippen LogP contribution < -0.4 is 10.1 Å². The molecule has 7 nitrogen and oxygen atoms in total. The number of benzene rings is 2. The highest BCUT2D eigenvalue weighted by molar-refractivity contribution is 6.31. The van der Waals surface area contributed by atoms with Crippen LogP contribution in [-0.4, -0.2) is 44.9 Å². The average molecular weight is 572 g/mol. The summed E-state index contributed by atoms with van der Waals surface area (Å²) >= 11 is 5.74. The quantitative estimate of drug-likeness (QED) is 0.245. The SMILES string of the molecule is CCN1CCC(C(=O)Cc2cc(Oc3ccc4c(c3)nc(Nc3ccc(Cl)c(C(F)(F)F)c3)n4C)ccn2)CC1. The molecule has 0 amide bonds. The van der Waals surface area contributed by atoms with Crippen LogP contribution >= 0.6 is 11.6 Å². The number of likely N-dealkylation sites (tertiary alicyclic amines) is 1. The number of pyridine rings is 1. The van der Waals surface area contributed by atoms with Crippen LogP contribution in [0, 0.1) is 5.92 Å². The molecule has 0 radical (unpaired) electrons. The minimum Gasteiger partial charge on any atom is -0.457 e. The van der Waals surface area contributed by atoms with Crippen LogP contribution in [0.5, 0.6) is 11.5 Å². The molecule has 210 valence electrons. The topological polar surface area (TPSA) is 72.3 Å². The Hall–Kier alpha value is -3.63. The zero-order valence-corrected chi connectivity index (χ0v) is 22.9. The third kappa shape index (κ3) is 6.23. The van der Waals surface area contributed by atoms with Gasteiger partial charge in [-0.3, -0.25) is 9.78 Å². The summed E-state index contributed by atoms with van der Waals surface area (Å²) in [7, 11) is 1.76. The number of hydrogen-bond donors (Lipinski definition) is 1. The molecule has 4 aromatic rings. The van der Waals surface area contributed by atoms with Crippen molar-refractivity contribution in [3.8, 4) is 11.5 Å². The summed E-state index contributed by atoms with van der Waals surface area (Å²) in [6, 6.07) is 12.5. The number of carbonyl (C=O) groups is 1. The highest BCUT2D eigenvalue weighted by Crippen LogP contribution is 2.37. The second kappa shape index (κ2) is 11.5. The normalized spacial score (nSPS) is 14.9. The molecule has 1 N–H and O–H groups in total. The van der Waals surface area contributed by atoms with Gasteiger partial charge >= 0.3 is 6.18 Å². The van der Waals surface area contributed by atoms with Gasteiger partial charge in [0.15, 0.2) is 0 Å². The first kappa shape index (κ1) is 27.9. The van der Waals surface area contributed by atoms with E-state index in [1.54, 1.807) is 42.1 Å². The number of aryl methyl sites for hydroxylation is 1. The number of fused-ring (bicyclic) bond motifs is 1. The first-order valence-corrected chi connectivity index (χ1v) is 13.5. The maximum absolute atomic E-state index is 13.3. The molecule has 2 aromatic carbocycles. The number of Topliss-reactive ketones (excluding diaryl/α,β-unsaturated/α-hetero) is 1. The van der Waals surface area contributed by atoms with Crippen molar-refractivity contribution in [3.05, 3.63) is 71.0 Å². The summed E-state index contributed by atoms with van der Waals surface area (Å²) in [5.74, 6) is 1.71. The van der Waals surface area contributed by atoms with Gasteiger partial charge in [-0.05, 0) is 68.9 Å². The number of ketones is 1. The van der Waals surface area contributed by atoms with Gasteiger partial charge in [0, 0.05) is 43.4 Å². The van der Waals surface area contributed by atoms with Crippen molar-refractivity contribution in [3.63, 3.8) is 0 Å². The van der Waals surface area contributed by atoms with E-state index in [0.29, 0.717) is 28.7 Å². The lowest BCUT2D eigenvalue weighted by atomic mass is 9.90. The summed E-state index contributed by atoms with van der Waals surface area (Å²) in [6.07, 6.45) is -0.917. The predicted molar refractivity (Wildman–Crippen MR) is 148 cm³/mol. The lowest BCUT2D eigenvalue weighted by Gasteiger charge is -2.30. The van der Waals surface area contributed by atoms with E-state index in [4.69, 9.17) is 16.3 Å². The fourth-order valence-corrected chi connectivity index (χ4v) is 5.18. The number of imidazole rings is 1. The van der Waals surface area contributed by atoms with E-state index in [1.165, 1.54) is 12.1 Å². The Bertz CT molecular complexity index is 1530. The molecule has 0 bridgehead atoms. The van der Waals surface area contributed by atoms with Crippen LogP contribution in [0.4, 0.5) is 24.8 Å². The monoisotopic (exact) mass is 571 g/mol. The Balaban J connectivity index is 1.28. The summed E-state index contributed by atoms with van der Waals surface area (Å²) in [5.41, 5.74) is 1.30. The first-order chi connectivity index (χ1) is 19.1. The summed E-state index contributed by atoms with van der Waals surface area (Å²) in [5, 5.41) is 2.57. The van der Waals surface area contributed by atoms with E-state index in [9.17, 15) is 18.0 Å². The zero-order chi connectivity index (χ0) is 28.4. The van der Waals surface area contributed by atoms with Crippen LogP contribution in [0.15, 0.2) is 54.7 Å². The van der Waals surface area contributed by atoms with Gasteiger partial charge in [0.05, 0.1) is 27.3 Å². The predicted octanol–water partition coefficient (Wildman–Crippen LogP) is 7.02. The fourth-order valence-electron chi connectivity index (χ4n) is 4.95. The van der Waals surface area contributed by atoms with Gasteiger partial charge < -0.3 is 19.5 Å². The minimum atomic E-state index is -4.57. The van der Waals surface area contributed by atoms with Crippen molar-refractivity contribution in [1.29, 1.82) is 0 Å². The van der Waals surface area contributed by atoms with Crippen LogP contribution in [0.1, 0.15) is 31.0 Å². The molecule has 1 saturated heterocycles. The Morgan fingerprint density at radius 2 is 1.85 bits per heavy atom. The van der Waals surface area contributed by atoms with E-state index in [0.717, 1.165) is 44.1 Å². The molecule has 0 unspecified atom stereocenters. The van der Waals surface area contributed by atoms with Crippen molar-refractivity contribution >= 4 is 40.1 Å². The Kier molecular flexibility index (Phi) is 8.00. The first-order valence-electron chi connectivity index (χ1n) is 13.1. The van der Waals surface area contributed by atoms with Crippen molar-refractivity contribution in [2.75, 3.05) is 25.0 Å². The molecule has 5 rings (SSSR count). The maximum atomic E-state index is 13.3. The van der Waals surface area contributed by atoms with Gasteiger partial charge in [-0.1, -0.05) is 18.5 Å². The number of aromatic nitrogens is 3. The van der Waals surface area contributed by atoms with E-state index in [1.807, 2.05) is 6.07 Å². The number of ether oxygens (including phenoxy) is 1. The summed E-state index contributed by atoms with van der Waals surface area (Å²) in [6.45, 7) is 5.04. The number of rotatable bonds is 8. The molecule has 1 aliphatic rings. The zero-order valence-electron chi connectivity index (χ0n) is 22.1. The molecule has 0 atom stereocenters. The number of nitrogens with one attached hydrogen (secondary N) is 1. The highest BCUT2D eigenvalue weighted by atomic mass is 35.5. The molecule has 40 heavy (non-hydrogen) atoms.